The van der Waals surface area contributed by atoms with E-state index in [1.807, 2.05) is 0 Å². The fraction of sp³-hybridized carbons (Fsp3) is 0.364. The molecule has 0 aliphatic rings. The molecule has 1 aromatic carbocycles. The number of anilines is 1. The minimum absolute atomic E-state index is 0.0631. The van der Waals surface area contributed by atoms with Crippen LogP contribution in [-0.2, 0) is 9.84 Å². The predicted octanol–water partition coefficient (Wildman–Crippen LogP) is -0.545. The number of hydrogen-bond acceptors (Lipinski definition) is 6. The van der Waals surface area contributed by atoms with Crippen LogP contribution in [-0.4, -0.2) is 37.2 Å². The van der Waals surface area contributed by atoms with Gasteiger partial charge in [-0.2, -0.15) is 0 Å². The topological polar surface area (TPSA) is 122 Å². The Morgan fingerprint density at radius 2 is 2.16 bits per heavy atom. The van der Waals surface area contributed by atoms with Crippen LogP contribution in [0.4, 0.5) is 5.69 Å². The van der Waals surface area contributed by atoms with Gasteiger partial charge in [0.2, 0.25) is 0 Å². The number of carbonyl (C=O) groups excluding carboxylic acids is 1. The number of carbonyl (C=O) groups is 1. The van der Waals surface area contributed by atoms with Crippen molar-refractivity contribution in [3.63, 3.8) is 0 Å². The van der Waals surface area contributed by atoms with Crippen LogP contribution in [0.25, 0.3) is 0 Å². The van der Waals surface area contributed by atoms with Crippen LogP contribution >= 0.6 is 0 Å². The van der Waals surface area contributed by atoms with Gasteiger partial charge in [-0.3, -0.25) is 10.6 Å². The molecule has 0 radical (unpaired) electrons. The molecule has 1 atom stereocenters. The predicted molar refractivity (Wildman–Crippen MR) is 72.1 cm³/mol. The second kappa shape index (κ2) is 6.50. The number of nitrogens with two attached hydrogens (primary N) is 1. The van der Waals surface area contributed by atoms with Gasteiger partial charge in [-0.15, -0.1) is 0 Å². The summed E-state index contributed by atoms with van der Waals surface area (Å²) in [6.45, 7) is 1.11. The van der Waals surface area contributed by atoms with Crippen molar-refractivity contribution in [2.75, 3.05) is 17.7 Å². The molecule has 0 fully saturated rings. The third kappa shape index (κ3) is 4.51. The third-order valence-electron chi connectivity index (χ3n) is 2.48. The van der Waals surface area contributed by atoms with Gasteiger partial charge in [-0.05, 0) is 25.1 Å². The standard InChI is InChI=1S/C11H17N3O4S/c1-8(15)19(17,18)6-5-13-11(16)9-3-2-4-10(7-9)14-12/h2-4,7-8,14-15H,5-6,12H2,1H3,(H,13,16). The van der Waals surface area contributed by atoms with E-state index in [9.17, 15) is 13.2 Å². The Morgan fingerprint density at radius 3 is 2.74 bits per heavy atom. The fourth-order valence-electron chi connectivity index (χ4n) is 1.33. The quantitative estimate of drug-likeness (QED) is 0.411. The molecular formula is C11H17N3O4S. The van der Waals surface area contributed by atoms with Gasteiger partial charge >= 0.3 is 0 Å². The molecule has 106 valence electrons. The Labute approximate surface area is 111 Å². The van der Waals surface area contributed by atoms with Crippen LogP contribution in [0.5, 0.6) is 0 Å². The van der Waals surface area contributed by atoms with Gasteiger partial charge in [-0.1, -0.05) is 6.07 Å². The van der Waals surface area contributed by atoms with Crippen LogP contribution in [0.2, 0.25) is 0 Å². The summed E-state index contributed by atoms with van der Waals surface area (Å²) < 4.78 is 22.6. The van der Waals surface area contributed by atoms with Crippen molar-refractivity contribution in [2.45, 2.75) is 12.4 Å². The highest BCUT2D eigenvalue weighted by Gasteiger charge is 2.17. The lowest BCUT2D eigenvalue weighted by atomic mass is 10.2. The molecule has 8 heteroatoms. The van der Waals surface area contributed by atoms with Gasteiger partial charge in [0.1, 0.15) is 0 Å². The Bertz CT molecular complexity index is 543. The van der Waals surface area contributed by atoms with Crippen molar-refractivity contribution < 1.29 is 18.3 Å². The molecule has 1 amide bonds. The molecule has 0 bridgehead atoms. The van der Waals surface area contributed by atoms with Crippen LogP contribution in [0.3, 0.4) is 0 Å². The second-order valence-corrected chi connectivity index (χ2v) is 6.36. The van der Waals surface area contributed by atoms with Crippen molar-refractivity contribution in [3.8, 4) is 0 Å². The van der Waals surface area contributed by atoms with E-state index < -0.39 is 21.2 Å². The van der Waals surface area contributed by atoms with Crippen molar-refractivity contribution in [1.29, 1.82) is 0 Å². The van der Waals surface area contributed by atoms with Gasteiger partial charge in [0.05, 0.1) is 5.75 Å². The van der Waals surface area contributed by atoms with Gasteiger partial charge in [-0.25, -0.2) is 8.42 Å². The summed E-state index contributed by atoms with van der Waals surface area (Å²) in [5, 5.41) is 11.5. The SMILES string of the molecule is CC(O)S(=O)(=O)CCNC(=O)c1cccc(NN)c1. The third-order valence-corrected chi connectivity index (χ3v) is 4.30. The highest BCUT2D eigenvalue weighted by atomic mass is 32.2. The maximum absolute atomic E-state index is 11.7. The van der Waals surface area contributed by atoms with Crippen LogP contribution in [0.15, 0.2) is 24.3 Å². The number of amides is 1. The molecule has 0 saturated heterocycles. The van der Waals surface area contributed by atoms with E-state index in [0.29, 0.717) is 11.3 Å². The van der Waals surface area contributed by atoms with E-state index in [2.05, 4.69) is 10.7 Å². The summed E-state index contributed by atoms with van der Waals surface area (Å²) >= 11 is 0. The number of sulfone groups is 1. The molecular weight excluding hydrogens is 270 g/mol. The average molecular weight is 287 g/mol. The summed E-state index contributed by atoms with van der Waals surface area (Å²) in [5.41, 5.74) is 1.91. The minimum atomic E-state index is -3.58. The molecule has 0 heterocycles. The maximum Gasteiger partial charge on any atom is 0.251 e. The van der Waals surface area contributed by atoms with Crippen molar-refractivity contribution >= 4 is 21.4 Å². The molecule has 0 saturated carbocycles. The molecule has 0 aliphatic heterocycles. The molecule has 0 aromatic heterocycles. The normalized spacial score (nSPS) is 12.8. The molecule has 7 nitrogen and oxygen atoms in total. The lowest BCUT2D eigenvalue weighted by Gasteiger charge is -2.09. The van der Waals surface area contributed by atoms with Gasteiger partial charge in [0.15, 0.2) is 15.3 Å². The zero-order valence-electron chi connectivity index (χ0n) is 10.5. The summed E-state index contributed by atoms with van der Waals surface area (Å²) in [5.74, 6) is 4.50. The zero-order valence-corrected chi connectivity index (χ0v) is 11.3. The van der Waals surface area contributed by atoms with E-state index in [1.165, 1.54) is 6.92 Å². The van der Waals surface area contributed by atoms with E-state index in [-0.39, 0.29) is 12.3 Å². The molecule has 0 spiro atoms. The van der Waals surface area contributed by atoms with Crippen molar-refractivity contribution in [2.24, 2.45) is 5.84 Å². The first-order valence-electron chi connectivity index (χ1n) is 5.61. The fourth-order valence-corrected chi connectivity index (χ4v) is 2.06. The number of aliphatic hydroxyl groups is 1. The summed E-state index contributed by atoms with van der Waals surface area (Å²) in [6, 6.07) is 6.46. The minimum Gasteiger partial charge on any atom is -0.377 e. The van der Waals surface area contributed by atoms with Gasteiger partial charge in [0.25, 0.3) is 5.91 Å². The summed E-state index contributed by atoms with van der Waals surface area (Å²) in [7, 11) is -3.58. The second-order valence-electron chi connectivity index (χ2n) is 3.95. The lowest BCUT2D eigenvalue weighted by Crippen LogP contribution is -2.32. The van der Waals surface area contributed by atoms with Crippen LogP contribution in [0.1, 0.15) is 17.3 Å². The van der Waals surface area contributed by atoms with E-state index in [0.717, 1.165) is 0 Å². The first-order valence-corrected chi connectivity index (χ1v) is 7.33. The number of nitrogen functional groups attached to an aromatic ring is 1. The molecule has 19 heavy (non-hydrogen) atoms. The molecule has 1 unspecified atom stereocenters. The van der Waals surface area contributed by atoms with E-state index in [4.69, 9.17) is 10.9 Å². The van der Waals surface area contributed by atoms with Crippen LogP contribution in [0, 0.1) is 0 Å². The highest BCUT2D eigenvalue weighted by Crippen LogP contribution is 2.08. The molecule has 5 N–H and O–H groups in total. The van der Waals surface area contributed by atoms with Crippen molar-refractivity contribution in [1.82, 2.24) is 5.32 Å². The number of rotatable bonds is 6. The first kappa shape index (κ1) is 15.4. The van der Waals surface area contributed by atoms with Crippen LogP contribution < -0.4 is 16.6 Å². The zero-order chi connectivity index (χ0) is 14.5. The number of nitrogens with one attached hydrogen (secondary N) is 2. The number of benzene rings is 1. The summed E-state index contributed by atoms with van der Waals surface area (Å²) in [6.07, 6.45) is 0. The first-order chi connectivity index (χ1) is 8.86. The van der Waals surface area contributed by atoms with E-state index in [1.54, 1.807) is 24.3 Å². The lowest BCUT2D eigenvalue weighted by molar-refractivity contribution is 0.0956. The molecule has 0 aliphatic carbocycles. The highest BCUT2D eigenvalue weighted by molar-refractivity contribution is 7.91. The smallest absolute Gasteiger partial charge is 0.251 e. The summed E-state index contributed by atoms with van der Waals surface area (Å²) in [4.78, 5) is 11.7. The Kier molecular flexibility index (Phi) is 5.28. The van der Waals surface area contributed by atoms with Gasteiger partial charge < -0.3 is 15.8 Å². The largest absolute Gasteiger partial charge is 0.377 e. The van der Waals surface area contributed by atoms with Gasteiger partial charge in [0, 0.05) is 17.8 Å². The van der Waals surface area contributed by atoms with E-state index >= 15 is 0 Å². The molecule has 1 rings (SSSR count). The number of hydrazine groups is 1. The number of hydrogen-bond donors (Lipinski definition) is 4. The molecule has 1 aromatic rings. The Morgan fingerprint density at radius 1 is 1.47 bits per heavy atom. The number of aliphatic hydroxyl groups excluding tert-OH is 1. The Hall–Kier alpha value is -1.64. The maximum atomic E-state index is 11.7. The van der Waals surface area contributed by atoms with Crippen molar-refractivity contribution in [3.05, 3.63) is 29.8 Å². The average Bonchev–Trinajstić information content (AvgIpc) is 2.38. The Balaban J connectivity index is 2.56. The monoisotopic (exact) mass is 287 g/mol.